The van der Waals surface area contributed by atoms with Crippen LogP contribution in [0.15, 0.2) is 48.9 Å². The Morgan fingerprint density at radius 1 is 1.33 bits per heavy atom. The minimum atomic E-state index is -0.974. The highest BCUT2D eigenvalue weighted by molar-refractivity contribution is 5.93. The number of carboxylic acid groups (broad SMARTS) is 1. The number of anilines is 1. The quantitative estimate of drug-likeness (QED) is 0.767. The lowest BCUT2D eigenvalue weighted by Crippen LogP contribution is -2.20. The molecule has 2 N–H and O–H groups in total. The zero-order valence-electron chi connectivity index (χ0n) is 11.4. The van der Waals surface area contributed by atoms with E-state index in [2.05, 4.69) is 15.4 Å². The van der Waals surface area contributed by atoms with Crippen LogP contribution >= 0.6 is 0 Å². The molecule has 3 rings (SSSR count). The van der Waals surface area contributed by atoms with Gasteiger partial charge in [-0.25, -0.2) is 9.78 Å². The minimum Gasteiger partial charge on any atom is -0.479 e. The first-order valence-corrected chi connectivity index (χ1v) is 6.47. The van der Waals surface area contributed by atoms with E-state index in [4.69, 9.17) is 0 Å². The highest BCUT2D eigenvalue weighted by Crippen LogP contribution is 2.25. The van der Waals surface area contributed by atoms with Gasteiger partial charge >= 0.3 is 5.97 Å². The van der Waals surface area contributed by atoms with Crippen LogP contribution in [0.25, 0.3) is 10.8 Å². The first kappa shape index (κ1) is 13.1. The third-order valence-corrected chi connectivity index (χ3v) is 3.26. The number of benzene rings is 1. The Bertz CT molecular complexity index is 792. The Balaban J connectivity index is 2.01. The molecule has 0 aliphatic heterocycles. The van der Waals surface area contributed by atoms with Crippen molar-refractivity contribution >= 4 is 22.6 Å². The standard InChI is InChI=1S/C15H14N4O2/c1-19-9-11(8-17-19)13(15(20)21)18-14-12-5-3-2-4-10(12)6-7-16-14/h2-9,13H,1H3,(H,16,18)(H,20,21). The number of nitrogens with zero attached hydrogens (tertiary/aromatic N) is 3. The molecule has 6 nitrogen and oxygen atoms in total. The summed E-state index contributed by atoms with van der Waals surface area (Å²) in [5.41, 5.74) is 0.583. The van der Waals surface area contributed by atoms with Crippen molar-refractivity contribution in [3.63, 3.8) is 0 Å². The fraction of sp³-hybridized carbons (Fsp3) is 0.133. The number of fused-ring (bicyclic) bond motifs is 1. The zero-order valence-corrected chi connectivity index (χ0v) is 11.4. The van der Waals surface area contributed by atoms with Crippen molar-refractivity contribution in [2.75, 3.05) is 5.32 Å². The molecule has 106 valence electrons. The lowest BCUT2D eigenvalue weighted by molar-refractivity contribution is -0.138. The minimum absolute atomic E-state index is 0.546. The van der Waals surface area contributed by atoms with Crippen molar-refractivity contribution < 1.29 is 9.90 Å². The average Bonchev–Trinajstić information content (AvgIpc) is 2.90. The third kappa shape index (κ3) is 2.55. The fourth-order valence-corrected chi connectivity index (χ4v) is 2.25. The van der Waals surface area contributed by atoms with Gasteiger partial charge in [0.05, 0.1) is 6.20 Å². The number of hydrogen-bond acceptors (Lipinski definition) is 4. The summed E-state index contributed by atoms with van der Waals surface area (Å²) < 4.78 is 1.57. The number of aryl methyl sites for hydroxylation is 1. The van der Waals surface area contributed by atoms with Crippen molar-refractivity contribution in [2.45, 2.75) is 6.04 Å². The summed E-state index contributed by atoms with van der Waals surface area (Å²) >= 11 is 0. The van der Waals surface area contributed by atoms with E-state index in [1.807, 2.05) is 30.3 Å². The molecule has 0 spiro atoms. The first-order chi connectivity index (χ1) is 10.1. The summed E-state index contributed by atoms with van der Waals surface area (Å²) in [7, 11) is 1.75. The second kappa shape index (κ2) is 5.24. The number of aliphatic carboxylic acids is 1. The Morgan fingerprint density at radius 2 is 2.14 bits per heavy atom. The maximum absolute atomic E-state index is 11.5. The first-order valence-electron chi connectivity index (χ1n) is 6.47. The van der Waals surface area contributed by atoms with Crippen LogP contribution in [0.5, 0.6) is 0 Å². The van der Waals surface area contributed by atoms with E-state index < -0.39 is 12.0 Å². The van der Waals surface area contributed by atoms with E-state index in [0.29, 0.717) is 11.4 Å². The van der Waals surface area contributed by atoms with Gasteiger partial charge in [-0.3, -0.25) is 4.68 Å². The molecule has 21 heavy (non-hydrogen) atoms. The molecule has 0 radical (unpaired) electrons. The van der Waals surface area contributed by atoms with Gasteiger partial charge < -0.3 is 10.4 Å². The van der Waals surface area contributed by atoms with Crippen LogP contribution in [0, 0.1) is 0 Å². The SMILES string of the molecule is Cn1cc(C(Nc2nccc3ccccc23)C(=O)O)cn1. The van der Waals surface area contributed by atoms with Crippen LogP contribution in [0.1, 0.15) is 11.6 Å². The normalized spacial score (nSPS) is 12.2. The predicted molar refractivity (Wildman–Crippen MR) is 79.0 cm³/mol. The molecular formula is C15H14N4O2. The van der Waals surface area contributed by atoms with Crippen LogP contribution in [-0.2, 0) is 11.8 Å². The van der Waals surface area contributed by atoms with Gasteiger partial charge in [0.2, 0.25) is 0 Å². The number of carbonyl (C=O) groups is 1. The molecule has 1 unspecified atom stereocenters. The molecule has 6 heteroatoms. The molecule has 0 saturated carbocycles. The van der Waals surface area contributed by atoms with E-state index in [9.17, 15) is 9.90 Å². The van der Waals surface area contributed by atoms with Crippen LogP contribution in [0.3, 0.4) is 0 Å². The summed E-state index contributed by atoms with van der Waals surface area (Å²) in [6, 6.07) is 8.70. The van der Waals surface area contributed by atoms with Gasteiger partial charge in [0.15, 0.2) is 6.04 Å². The summed E-state index contributed by atoms with van der Waals surface area (Å²) in [6.45, 7) is 0. The Hall–Kier alpha value is -2.89. The predicted octanol–water partition coefficient (Wildman–Crippen LogP) is 2.21. The van der Waals surface area contributed by atoms with Gasteiger partial charge in [-0.2, -0.15) is 5.10 Å². The van der Waals surface area contributed by atoms with Crippen molar-refractivity contribution in [2.24, 2.45) is 7.05 Å². The maximum Gasteiger partial charge on any atom is 0.330 e. The van der Waals surface area contributed by atoms with Crippen LogP contribution < -0.4 is 5.32 Å². The topological polar surface area (TPSA) is 80.0 Å². The van der Waals surface area contributed by atoms with Gasteiger partial charge in [0.1, 0.15) is 5.82 Å². The summed E-state index contributed by atoms with van der Waals surface area (Å²) in [4.78, 5) is 15.8. The smallest absolute Gasteiger partial charge is 0.330 e. The molecule has 0 amide bonds. The molecule has 0 aliphatic carbocycles. The van der Waals surface area contributed by atoms with Gasteiger partial charge in [-0.1, -0.05) is 24.3 Å². The van der Waals surface area contributed by atoms with Gasteiger partial charge in [0.25, 0.3) is 0 Å². The van der Waals surface area contributed by atoms with Gasteiger partial charge in [-0.05, 0) is 11.5 Å². The van der Waals surface area contributed by atoms with Crippen molar-refractivity contribution in [1.82, 2.24) is 14.8 Å². The van der Waals surface area contributed by atoms with Gasteiger partial charge in [0, 0.05) is 30.4 Å². The molecule has 0 fully saturated rings. The number of hydrogen-bond donors (Lipinski definition) is 2. The van der Waals surface area contributed by atoms with E-state index in [1.165, 1.54) is 6.20 Å². The second-order valence-electron chi connectivity index (χ2n) is 4.74. The highest BCUT2D eigenvalue weighted by atomic mass is 16.4. The van der Waals surface area contributed by atoms with Crippen molar-refractivity contribution in [1.29, 1.82) is 0 Å². The number of pyridine rings is 1. The zero-order chi connectivity index (χ0) is 14.8. The van der Waals surface area contributed by atoms with Crippen LogP contribution in [-0.4, -0.2) is 25.8 Å². The molecule has 0 aliphatic rings. The molecule has 2 heterocycles. The maximum atomic E-state index is 11.5. The summed E-state index contributed by atoms with van der Waals surface area (Å²) in [6.07, 6.45) is 4.88. The molecule has 3 aromatic rings. The number of carboxylic acids is 1. The Morgan fingerprint density at radius 3 is 2.86 bits per heavy atom. The number of nitrogens with one attached hydrogen (secondary N) is 1. The van der Waals surface area contributed by atoms with Crippen LogP contribution in [0.2, 0.25) is 0 Å². The Labute approximate surface area is 121 Å². The van der Waals surface area contributed by atoms with Crippen LogP contribution in [0.4, 0.5) is 5.82 Å². The van der Waals surface area contributed by atoms with E-state index in [0.717, 1.165) is 10.8 Å². The van der Waals surface area contributed by atoms with E-state index >= 15 is 0 Å². The summed E-state index contributed by atoms with van der Waals surface area (Å²) in [5.74, 6) is -0.429. The number of rotatable bonds is 4. The lowest BCUT2D eigenvalue weighted by Gasteiger charge is -2.15. The average molecular weight is 282 g/mol. The third-order valence-electron chi connectivity index (χ3n) is 3.26. The van der Waals surface area contributed by atoms with Gasteiger partial charge in [-0.15, -0.1) is 0 Å². The lowest BCUT2D eigenvalue weighted by atomic mass is 10.1. The summed E-state index contributed by atoms with van der Waals surface area (Å²) in [5, 5.41) is 18.3. The monoisotopic (exact) mass is 282 g/mol. The van der Waals surface area contributed by atoms with E-state index in [1.54, 1.807) is 24.1 Å². The molecule has 1 atom stereocenters. The molecule has 1 aromatic carbocycles. The Kier molecular flexibility index (Phi) is 3.27. The van der Waals surface area contributed by atoms with Crippen molar-refractivity contribution in [3.05, 3.63) is 54.5 Å². The highest BCUT2D eigenvalue weighted by Gasteiger charge is 2.22. The molecule has 2 aromatic heterocycles. The van der Waals surface area contributed by atoms with E-state index in [-0.39, 0.29) is 0 Å². The molecular weight excluding hydrogens is 268 g/mol. The molecule has 0 saturated heterocycles. The molecule has 0 bridgehead atoms. The largest absolute Gasteiger partial charge is 0.479 e. The fourth-order valence-electron chi connectivity index (χ4n) is 2.25. The number of aromatic nitrogens is 3. The van der Waals surface area contributed by atoms with Crippen molar-refractivity contribution in [3.8, 4) is 0 Å². The second-order valence-corrected chi connectivity index (χ2v) is 4.74.